The van der Waals surface area contributed by atoms with Crippen molar-refractivity contribution in [2.45, 2.75) is 24.2 Å². The van der Waals surface area contributed by atoms with Gasteiger partial charge in [0.2, 0.25) is 10.0 Å². The number of nitrogens with zero attached hydrogens (tertiary/aromatic N) is 2. The van der Waals surface area contributed by atoms with Crippen LogP contribution in [-0.4, -0.2) is 52.9 Å². The summed E-state index contributed by atoms with van der Waals surface area (Å²) in [5.41, 5.74) is 2.04. The fraction of sp³-hybridized carbons (Fsp3) is 0.381. The number of hydrogen-bond donors (Lipinski definition) is 1. The van der Waals surface area contributed by atoms with E-state index in [0.29, 0.717) is 5.69 Å². The van der Waals surface area contributed by atoms with Gasteiger partial charge in [0.15, 0.2) is 0 Å². The molecule has 1 fully saturated rings. The van der Waals surface area contributed by atoms with E-state index in [9.17, 15) is 13.2 Å². The minimum Gasteiger partial charge on any atom is -0.495 e. The van der Waals surface area contributed by atoms with Crippen molar-refractivity contribution in [1.82, 2.24) is 4.31 Å². The zero-order chi connectivity index (χ0) is 21.0. The second-order valence-electron chi connectivity index (χ2n) is 7.20. The van der Waals surface area contributed by atoms with Crippen molar-refractivity contribution in [3.05, 3.63) is 48.0 Å². The topological polar surface area (TPSA) is 79.0 Å². The molecule has 1 aliphatic heterocycles. The summed E-state index contributed by atoms with van der Waals surface area (Å²) >= 11 is 0. The standard InChI is InChI=1S/C21H27N3O4S/c1-23(2)29(26,27)20-15-16(7-12-19(20)28-3)21(25)22-17-8-10-18(11-9-17)24-13-5-4-6-14-24/h7-12,15H,4-6,13-14H2,1-3H3,(H,22,25). The number of methoxy groups -OCH3 is 1. The first-order valence-electron chi connectivity index (χ1n) is 9.60. The molecule has 0 aromatic heterocycles. The van der Waals surface area contributed by atoms with Gasteiger partial charge in [-0.3, -0.25) is 4.79 Å². The van der Waals surface area contributed by atoms with Gasteiger partial charge in [0.25, 0.3) is 5.91 Å². The Balaban J connectivity index is 1.78. The van der Waals surface area contributed by atoms with Crippen molar-refractivity contribution in [3.63, 3.8) is 0 Å². The number of carbonyl (C=O) groups is 1. The van der Waals surface area contributed by atoms with Crippen molar-refractivity contribution in [3.8, 4) is 5.75 Å². The van der Waals surface area contributed by atoms with Crippen LogP contribution in [0.4, 0.5) is 11.4 Å². The molecule has 0 bridgehead atoms. The zero-order valence-electron chi connectivity index (χ0n) is 17.0. The van der Waals surface area contributed by atoms with Crippen molar-refractivity contribution >= 4 is 27.3 Å². The van der Waals surface area contributed by atoms with Crippen LogP contribution >= 0.6 is 0 Å². The van der Waals surface area contributed by atoms with E-state index in [2.05, 4.69) is 10.2 Å². The summed E-state index contributed by atoms with van der Waals surface area (Å²) in [5, 5.41) is 2.83. The predicted octanol–water partition coefficient (Wildman–Crippen LogP) is 3.19. The SMILES string of the molecule is COc1ccc(C(=O)Nc2ccc(N3CCCCC3)cc2)cc1S(=O)(=O)N(C)C. The van der Waals surface area contributed by atoms with Gasteiger partial charge < -0.3 is 15.0 Å². The minimum absolute atomic E-state index is 0.0434. The molecule has 1 amide bonds. The first-order chi connectivity index (χ1) is 13.8. The summed E-state index contributed by atoms with van der Waals surface area (Å²) in [6.07, 6.45) is 3.68. The maximum absolute atomic E-state index is 12.7. The molecule has 1 N–H and O–H groups in total. The average Bonchev–Trinajstić information content (AvgIpc) is 2.74. The van der Waals surface area contributed by atoms with Gasteiger partial charge in [-0.15, -0.1) is 0 Å². The van der Waals surface area contributed by atoms with E-state index in [1.54, 1.807) is 6.07 Å². The van der Waals surface area contributed by atoms with E-state index in [1.807, 2.05) is 24.3 Å². The molecule has 3 rings (SSSR count). The van der Waals surface area contributed by atoms with Gasteiger partial charge in [-0.25, -0.2) is 12.7 Å². The first kappa shape index (κ1) is 21.1. The van der Waals surface area contributed by atoms with Crippen molar-refractivity contribution in [1.29, 1.82) is 0 Å². The second-order valence-corrected chi connectivity index (χ2v) is 9.32. The van der Waals surface area contributed by atoms with Crippen LogP contribution in [0.2, 0.25) is 0 Å². The molecular formula is C21H27N3O4S. The quantitative estimate of drug-likeness (QED) is 0.781. The highest BCUT2D eigenvalue weighted by Gasteiger charge is 2.24. The number of anilines is 2. The van der Waals surface area contributed by atoms with E-state index in [1.165, 1.54) is 52.6 Å². The molecule has 156 valence electrons. The number of nitrogens with one attached hydrogen (secondary N) is 1. The van der Waals surface area contributed by atoms with Gasteiger partial charge in [-0.05, 0) is 61.7 Å². The van der Waals surface area contributed by atoms with E-state index in [4.69, 9.17) is 4.74 Å². The molecule has 0 spiro atoms. The monoisotopic (exact) mass is 417 g/mol. The fourth-order valence-electron chi connectivity index (χ4n) is 3.33. The van der Waals surface area contributed by atoms with Gasteiger partial charge in [-0.2, -0.15) is 0 Å². The molecule has 0 saturated carbocycles. The van der Waals surface area contributed by atoms with Crippen molar-refractivity contribution in [2.75, 3.05) is 44.5 Å². The summed E-state index contributed by atoms with van der Waals surface area (Å²) in [6.45, 7) is 2.11. The van der Waals surface area contributed by atoms with E-state index in [0.717, 1.165) is 23.1 Å². The second kappa shape index (κ2) is 8.84. The molecule has 0 aliphatic carbocycles. The molecule has 1 heterocycles. The summed E-state index contributed by atoms with van der Waals surface area (Å²) in [7, 11) is 0.525. The normalized spacial score (nSPS) is 14.7. The van der Waals surface area contributed by atoms with Crippen LogP contribution in [0.1, 0.15) is 29.6 Å². The first-order valence-corrected chi connectivity index (χ1v) is 11.0. The molecular weight excluding hydrogens is 390 g/mol. The summed E-state index contributed by atoms with van der Waals surface area (Å²) in [4.78, 5) is 15.0. The van der Waals surface area contributed by atoms with Gasteiger partial charge in [0, 0.05) is 44.1 Å². The largest absolute Gasteiger partial charge is 0.495 e. The molecule has 0 atom stereocenters. The Labute approximate surface area is 172 Å². The summed E-state index contributed by atoms with van der Waals surface area (Å²) < 4.78 is 31.3. The number of hydrogen-bond acceptors (Lipinski definition) is 5. The number of piperidine rings is 1. The number of carbonyl (C=O) groups excluding carboxylic acids is 1. The molecule has 0 radical (unpaired) electrons. The average molecular weight is 418 g/mol. The van der Waals surface area contributed by atoms with Crippen LogP contribution < -0.4 is 15.0 Å². The van der Waals surface area contributed by atoms with Gasteiger partial charge >= 0.3 is 0 Å². The van der Waals surface area contributed by atoms with E-state index < -0.39 is 10.0 Å². The Hall–Kier alpha value is -2.58. The Kier molecular flexibility index (Phi) is 6.44. The lowest BCUT2D eigenvalue weighted by Crippen LogP contribution is -2.29. The predicted molar refractivity (Wildman–Crippen MR) is 114 cm³/mol. The Morgan fingerprint density at radius 2 is 1.69 bits per heavy atom. The van der Waals surface area contributed by atoms with Crippen LogP contribution in [0.3, 0.4) is 0 Å². The lowest BCUT2D eigenvalue weighted by molar-refractivity contribution is 0.102. The minimum atomic E-state index is -3.74. The highest BCUT2D eigenvalue weighted by Crippen LogP contribution is 2.27. The highest BCUT2D eigenvalue weighted by atomic mass is 32.2. The van der Waals surface area contributed by atoms with Crippen LogP contribution in [-0.2, 0) is 10.0 Å². The Morgan fingerprint density at radius 3 is 2.28 bits per heavy atom. The lowest BCUT2D eigenvalue weighted by atomic mass is 10.1. The van der Waals surface area contributed by atoms with Gasteiger partial charge in [0.1, 0.15) is 10.6 Å². The third-order valence-corrected chi connectivity index (χ3v) is 6.87. The number of rotatable bonds is 6. The smallest absolute Gasteiger partial charge is 0.255 e. The van der Waals surface area contributed by atoms with Gasteiger partial charge in [-0.1, -0.05) is 0 Å². The summed E-state index contributed by atoms with van der Waals surface area (Å²) in [5.74, 6) is -0.185. The lowest BCUT2D eigenvalue weighted by Gasteiger charge is -2.28. The van der Waals surface area contributed by atoms with Crippen molar-refractivity contribution < 1.29 is 17.9 Å². The Bertz CT molecular complexity index is 966. The molecule has 2 aromatic carbocycles. The molecule has 29 heavy (non-hydrogen) atoms. The number of amides is 1. The van der Waals surface area contributed by atoms with E-state index >= 15 is 0 Å². The fourth-order valence-corrected chi connectivity index (χ4v) is 4.40. The van der Waals surface area contributed by atoms with Crippen LogP contribution in [0.5, 0.6) is 5.75 Å². The highest BCUT2D eigenvalue weighted by molar-refractivity contribution is 7.89. The Morgan fingerprint density at radius 1 is 1.03 bits per heavy atom. The molecule has 7 nitrogen and oxygen atoms in total. The third kappa shape index (κ3) is 4.71. The number of ether oxygens (including phenoxy) is 1. The zero-order valence-corrected chi connectivity index (χ0v) is 17.8. The molecule has 0 unspecified atom stereocenters. The van der Waals surface area contributed by atoms with E-state index in [-0.39, 0.29) is 22.1 Å². The molecule has 2 aromatic rings. The van der Waals surface area contributed by atoms with Gasteiger partial charge in [0.05, 0.1) is 7.11 Å². The maximum atomic E-state index is 12.7. The number of sulfonamides is 1. The molecule has 1 saturated heterocycles. The van der Waals surface area contributed by atoms with Crippen LogP contribution in [0.25, 0.3) is 0 Å². The molecule has 8 heteroatoms. The third-order valence-electron chi connectivity index (χ3n) is 5.03. The summed E-state index contributed by atoms with van der Waals surface area (Å²) in [6, 6.07) is 12.1. The van der Waals surface area contributed by atoms with Crippen LogP contribution in [0, 0.1) is 0 Å². The van der Waals surface area contributed by atoms with Crippen molar-refractivity contribution in [2.24, 2.45) is 0 Å². The molecule has 1 aliphatic rings. The maximum Gasteiger partial charge on any atom is 0.255 e. The van der Waals surface area contributed by atoms with Crippen LogP contribution in [0.15, 0.2) is 47.4 Å². The number of benzene rings is 2.